The van der Waals surface area contributed by atoms with Crippen molar-refractivity contribution in [3.8, 4) is 34.5 Å². The highest BCUT2D eigenvalue weighted by atomic mass is 19.4. The van der Waals surface area contributed by atoms with E-state index in [1.54, 1.807) is 0 Å². The van der Waals surface area contributed by atoms with Gasteiger partial charge in [-0.2, -0.15) is 0 Å². The standard InChI is InChI=1S/C23H19F3O7/c24-23(25,26)33-15-4-1-12(2-5-15)11-31-21-10-16-18(29)8-14(27)9-20(16)32-22(21)13-3-6-17(28)19(30)7-13/h1-9,21-22,27-30H,10-11H2/t21-,22-/m1/s1. The summed E-state index contributed by atoms with van der Waals surface area (Å²) in [5.74, 6) is -1.18. The molecule has 0 radical (unpaired) electrons. The van der Waals surface area contributed by atoms with Gasteiger partial charge in [0.1, 0.15) is 29.1 Å². The molecule has 0 aromatic heterocycles. The molecule has 0 amide bonds. The summed E-state index contributed by atoms with van der Waals surface area (Å²) >= 11 is 0. The SMILES string of the molecule is Oc1cc(O)c2c(c1)O[C@H](c1ccc(O)c(O)c1)[C@H](OCc1ccc(OC(F)(F)F)cc1)C2. The van der Waals surface area contributed by atoms with Crippen LogP contribution < -0.4 is 9.47 Å². The molecule has 3 aromatic rings. The number of alkyl halides is 3. The molecule has 33 heavy (non-hydrogen) atoms. The van der Waals surface area contributed by atoms with Crippen molar-refractivity contribution in [2.45, 2.75) is 31.6 Å². The van der Waals surface area contributed by atoms with Crippen LogP contribution >= 0.6 is 0 Å². The van der Waals surface area contributed by atoms with E-state index in [-0.39, 0.29) is 47.5 Å². The average Bonchev–Trinajstić information content (AvgIpc) is 2.74. The number of halogens is 3. The molecular formula is C23H19F3O7. The lowest BCUT2D eigenvalue weighted by Crippen LogP contribution is -2.33. The predicted octanol–water partition coefficient (Wildman–Crippen LogP) is 4.67. The van der Waals surface area contributed by atoms with Crippen LogP contribution in [0.1, 0.15) is 22.8 Å². The fourth-order valence-corrected chi connectivity index (χ4v) is 3.58. The van der Waals surface area contributed by atoms with Crippen LogP contribution in [0.3, 0.4) is 0 Å². The molecule has 0 fully saturated rings. The number of rotatable bonds is 5. The molecule has 0 aliphatic carbocycles. The molecule has 7 nitrogen and oxygen atoms in total. The molecular weight excluding hydrogens is 445 g/mol. The summed E-state index contributed by atoms with van der Waals surface area (Å²) < 4.78 is 52.8. The zero-order chi connectivity index (χ0) is 23.8. The zero-order valence-electron chi connectivity index (χ0n) is 16.9. The Kier molecular flexibility index (Phi) is 5.86. The molecule has 174 valence electrons. The Balaban J connectivity index is 1.57. The monoisotopic (exact) mass is 464 g/mol. The first kappa shape index (κ1) is 22.4. The highest BCUT2D eigenvalue weighted by Gasteiger charge is 2.35. The number of ether oxygens (including phenoxy) is 3. The Morgan fingerprint density at radius 2 is 1.61 bits per heavy atom. The number of hydrogen-bond acceptors (Lipinski definition) is 7. The minimum atomic E-state index is -4.79. The van der Waals surface area contributed by atoms with Gasteiger partial charge < -0.3 is 34.6 Å². The smallest absolute Gasteiger partial charge is 0.508 e. The first-order valence-electron chi connectivity index (χ1n) is 9.79. The Morgan fingerprint density at radius 1 is 0.879 bits per heavy atom. The summed E-state index contributed by atoms with van der Waals surface area (Å²) in [4.78, 5) is 0. The molecule has 4 rings (SSSR count). The molecule has 0 bridgehead atoms. The van der Waals surface area contributed by atoms with Gasteiger partial charge in [0, 0.05) is 24.1 Å². The molecule has 4 N–H and O–H groups in total. The van der Waals surface area contributed by atoms with Gasteiger partial charge in [0.15, 0.2) is 17.6 Å². The highest BCUT2D eigenvalue weighted by Crippen LogP contribution is 2.44. The molecule has 0 spiro atoms. The van der Waals surface area contributed by atoms with Gasteiger partial charge in [-0.15, -0.1) is 13.2 Å². The van der Waals surface area contributed by atoms with Gasteiger partial charge in [-0.1, -0.05) is 18.2 Å². The van der Waals surface area contributed by atoms with Crippen LogP contribution in [0, 0.1) is 0 Å². The maximum atomic E-state index is 12.3. The number of phenols is 4. The maximum Gasteiger partial charge on any atom is 0.573 e. The van der Waals surface area contributed by atoms with Crippen molar-refractivity contribution in [2.24, 2.45) is 0 Å². The molecule has 0 saturated heterocycles. The second-order valence-electron chi connectivity index (χ2n) is 7.47. The summed E-state index contributed by atoms with van der Waals surface area (Å²) in [7, 11) is 0. The lowest BCUT2D eigenvalue weighted by molar-refractivity contribution is -0.274. The van der Waals surface area contributed by atoms with Crippen LogP contribution in [0.4, 0.5) is 13.2 Å². The van der Waals surface area contributed by atoms with E-state index in [1.807, 2.05) is 0 Å². The van der Waals surface area contributed by atoms with Crippen molar-refractivity contribution in [3.05, 3.63) is 71.3 Å². The third-order valence-corrected chi connectivity index (χ3v) is 5.12. The Hall–Kier alpha value is -3.79. The fourth-order valence-electron chi connectivity index (χ4n) is 3.58. The third-order valence-electron chi connectivity index (χ3n) is 5.12. The van der Waals surface area contributed by atoms with Crippen molar-refractivity contribution >= 4 is 0 Å². The topological polar surface area (TPSA) is 109 Å². The second kappa shape index (κ2) is 8.62. The van der Waals surface area contributed by atoms with Crippen molar-refractivity contribution in [2.75, 3.05) is 0 Å². The van der Waals surface area contributed by atoms with E-state index in [0.29, 0.717) is 16.7 Å². The van der Waals surface area contributed by atoms with E-state index in [0.717, 1.165) is 0 Å². The Bertz CT molecular complexity index is 1150. The summed E-state index contributed by atoms with van der Waals surface area (Å²) in [6.07, 6.45) is -6.06. The van der Waals surface area contributed by atoms with Crippen LogP contribution in [-0.4, -0.2) is 32.9 Å². The van der Waals surface area contributed by atoms with Crippen LogP contribution in [0.5, 0.6) is 34.5 Å². The lowest BCUT2D eigenvalue weighted by Gasteiger charge is -2.34. The predicted molar refractivity (Wildman–Crippen MR) is 108 cm³/mol. The number of benzene rings is 3. The first-order valence-corrected chi connectivity index (χ1v) is 9.79. The van der Waals surface area contributed by atoms with Gasteiger partial charge in [-0.3, -0.25) is 0 Å². The average molecular weight is 464 g/mol. The molecule has 0 saturated carbocycles. The van der Waals surface area contributed by atoms with Crippen molar-refractivity contribution in [1.82, 2.24) is 0 Å². The van der Waals surface area contributed by atoms with Gasteiger partial charge in [-0.05, 0) is 35.4 Å². The first-order chi connectivity index (χ1) is 15.6. The highest BCUT2D eigenvalue weighted by molar-refractivity contribution is 5.52. The van der Waals surface area contributed by atoms with Gasteiger partial charge in [0.2, 0.25) is 0 Å². The summed E-state index contributed by atoms with van der Waals surface area (Å²) in [5, 5.41) is 39.5. The zero-order valence-corrected chi connectivity index (χ0v) is 16.9. The minimum Gasteiger partial charge on any atom is -0.508 e. The van der Waals surface area contributed by atoms with E-state index in [2.05, 4.69) is 4.74 Å². The normalized spacial score (nSPS) is 17.8. The van der Waals surface area contributed by atoms with Gasteiger partial charge >= 0.3 is 6.36 Å². The van der Waals surface area contributed by atoms with Crippen LogP contribution in [-0.2, 0) is 17.8 Å². The number of hydrogen-bond donors (Lipinski definition) is 4. The molecule has 3 aromatic carbocycles. The number of phenolic OH excluding ortho intramolecular Hbond substituents is 4. The Labute approximate surface area is 185 Å². The van der Waals surface area contributed by atoms with E-state index < -0.39 is 18.6 Å². The van der Waals surface area contributed by atoms with Gasteiger partial charge in [0.25, 0.3) is 0 Å². The van der Waals surface area contributed by atoms with E-state index in [9.17, 15) is 33.6 Å². The van der Waals surface area contributed by atoms with Crippen LogP contribution in [0.25, 0.3) is 0 Å². The van der Waals surface area contributed by atoms with Crippen molar-refractivity contribution in [1.29, 1.82) is 0 Å². The third kappa shape index (κ3) is 5.17. The molecule has 0 unspecified atom stereocenters. The van der Waals surface area contributed by atoms with E-state index in [1.165, 1.54) is 54.6 Å². The summed E-state index contributed by atoms with van der Waals surface area (Å²) in [5.41, 5.74) is 1.45. The minimum absolute atomic E-state index is 0.00900. The molecule has 1 aliphatic heterocycles. The van der Waals surface area contributed by atoms with Crippen molar-refractivity contribution in [3.63, 3.8) is 0 Å². The van der Waals surface area contributed by atoms with E-state index in [4.69, 9.17) is 9.47 Å². The summed E-state index contributed by atoms with van der Waals surface area (Å²) in [6.45, 7) is 0.00900. The lowest BCUT2D eigenvalue weighted by atomic mass is 9.93. The quantitative estimate of drug-likeness (QED) is 0.407. The maximum absolute atomic E-state index is 12.3. The van der Waals surface area contributed by atoms with Crippen LogP contribution in [0.2, 0.25) is 0 Å². The molecule has 1 aliphatic rings. The second-order valence-corrected chi connectivity index (χ2v) is 7.47. The molecule has 10 heteroatoms. The number of aromatic hydroxyl groups is 4. The van der Waals surface area contributed by atoms with E-state index >= 15 is 0 Å². The van der Waals surface area contributed by atoms with Crippen LogP contribution in [0.15, 0.2) is 54.6 Å². The molecule has 2 atom stereocenters. The largest absolute Gasteiger partial charge is 0.573 e. The summed E-state index contributed by atoms with van der Waals surface area (Å²) in [6, 6.07) is 11.8. The molecule has 1 heterocycles. The van der Waals surface area contributed by atoms with Gasteiger partial charge in [-0.25, -0.2) is 0 Å². The number of fused-ring (bicyclic) bond motifs is 1. The van der Waals surface area contributed by atoms with Crippen molar-refractivity contribution < 1.29 is 47.8 Å². The Morgan fingerprint density at radius 3 is 2.27 bits per heavy atom. The fraction of sp³-hybridized carbons (Fsp3) is 0.217. The van der Waals surface area contributed by atoms with Gasteiger partial charge in [0.05, 0.1) is 6.61 Å².